The van der Waals surface area contributed by atoms with Crippen LogP contribution < -0.4 is 5.32 Å². The minimum Gasteiger partial charge on any atom is -0.396 e. The lowest BCUT2D eigenvalue weighted by molar-refractivity contribution is 0.139. The Bertz CT molecular complexity index is 128. The van der Waals surface area contributed by atoms with Crippen molar-refractivity contribution >= 4 is 0 Å². The summed E-state index contributed by atoms with van der Waals surface area (Å²) in [7, 11) is 1.73. The van der Waals surface area contributed by atoms with Gasteiger partial charge in [0, 0.05) is 32.8 Å². The fourth-order valence-corrected chi connectivity index (χ4v) is 1.61. The summed E-state index contributed by atoms with van der Waals surface area (Å²) in [5, 5.41) is 12.3. The van der Waals surface area contributed by atoms with E-state index in [0.29, 0.717) is 6.04 Å². The molecular formula is C11H26N2O2. The van der Waals surface area contributed by atoms with E-state index in [2.05, 4.69) is 24.1 Å². The molecule has 2 N–H and O–H groups in total. The van der Waals surface area contributed by atoms with Gasteiger partial charge in [-0.25, -0.2) is 0 Å². The zero-order valence-electron chi connectivity index (χ0n) is 10.3. The van der Waals surface area contributed by atoms with Gasteiger partial charge in [-0.1, -0.05) is 13.8 Å². The van der Waals surface area contributed by atoms with E-state index in [1.54, 1.807) is 7.11 Å². The summed E-state index contributed by atoms with van der Waals surface area (Å²) < 4.78 is 5.06. The van der Waals surface area contributed by atoms with Crippen LogP contribution in [-0.4, -0.2) is 62.6 Å². The van der Waals surface area contributed by atoms with Crippen LogP contribution in [0.4, 0.5) is 0 Å². The number of ether oxygens (including phenoxy) is 1. The van der Waals surface area contributed by atoms with Crippen LogP contribution in [0.25, 0.3) is 0 Å². The number of methoxy groups -OCH3 is 1. The highest BCUT2D eigenvalue weighted by molar-refractivity contribution is 4.70. The molecule has 15 heavy (non-hydrogen) atoms. The van der Waals surface area contributed by atoms with Crippen molar-refractivity contribution in [2.24, 2.45) is 0 Å². The number of nitrogens with one attached hydrogen (secondary N) is 1. The molecule has 0 radical (unpaired) electrons. The average Bonchev–Trinajstić information content (AvgIpc) is 2.24. The lowest BCUT2D eigenvalue weighted by atomic mass is 10.2. The quantitative estimate of drug-likeness (QED) is 0.554. The average molecular weight is 218 g/mol. The van der Waals surface area contributed by atoms with E-state index >= 15 is 0 Å². The van der Waals surface area contributed by atoms with Crippen LogP contribution in [-0.2, 0) is 4.74 Å². The molecule has 0 heterocycles. The molecule has 92 valence electrons. The second kappa shape index (κ2) is 10.4. The third-order valence-electron chi connectivity index (χ3n) is 2.51. The maximum atomic E-state index is 8.94. The predicted molar refractivity (Wildman–Crippen MR) is 63.2 cm³/mol. The third-order valence-corrected chi connectivity index (χ3v) is 2.51. The van der Waals surface area contributed by atoms with Crippen LogP contribution in [0.1, 0.15) is 20.3 Å². The van der Waals surface area contributed by atoms with Crippen molar-refractivity contribution in [1.29, 1.82) is 0 Å². The Labute approximate surface area is 93.6 Å². The lowest BCUT2D eigenvalue weighted by Crippen LogP contribution is -2.42. The summed E-state index contributed by atoms with van der Waals surface area (Å²) in [5.74, 6) is 0. The highest BCUT2D eigenvalue weighted by Crippen LogP contribution is 1.97. The molecule has 0 spiro atoms. The van der Waals surface area contributed by atoms with E-state index in [4.69, 9.17) is 9.84 Å². The Morgan fingerprint density at radius 3 is 2.60 bits per heavy atom. The molecule has 0 amide bonds. The maximum Gasteiger partial charge on any atom is 0.0589 e. The lowest BCUT2D eigenvalue weighted by Gasteiger charge is -2.26. The van der Waals surface area contributed by atoms with Crippen LogP contribution in [0.15, 0.2) is 0 Å². The first-order chi connectivity index (χ1) is 7.28. The molecular weight excluding hydrogens is 192 g/mol. The molecule has 0 aliphatic carbocycles. The maximum absolute atomic E-state index is 8.94. The van der Waals surface area contributed by atoms with Crippen LogP contribution >= 0.6 is 0 Å². The largest absolute Gasteiger partial charge is 0.396 e. The molecule has 4 nitrogen and oxygen atoms in total. The van der Waals surface area contributed by atoms with Crippen LogP contribution in [0.3, 0.4) is 0 Å². The standard InChI is InChI=1S/C11H26N2O2/c1-4-12-11(6-8-14)10-13(5-2)7-9-15-3/h11-12,14H,4-10H2,1-3H3. The molecule has 0 aromatic rings. The minimum atomic E-state index is 0.250. The molecule has 1 unspecified atom stereocenters. The normalized spacial score (nSPS) is 13.4. The SMILES string of the molecule is CCNC(CCO)CN(CC)CCOC. The van der Waals surface area contributed by atoms with Gasteiger partial charge in [-0.2, -0.15) is 0 Å². The topological polar surface area (TPSA) is 44.7 Å². The van der Waals surface area contributed by atoms with Gasteiger partial charge in [-0.15, -0.1) is 0 Å². The second-order valence-corrected chi connectivity index (χ2v) is 3.65. The highest BCUT2D eigenvalue weighted by atomic mass is 16.5. The Morgan fingerprint density at radius 1 is 1.40 bits per heavy atom. The predicted octanol–water partition coefficient (Wildman–Crippen LogP) is 0.315. The molecule has 1 atom stereocenters. The van der Waals surface area contributed by atoms with Gasteiger partial charge in [-0.3, -0.25) is 4.90 Å². The molecule has 0 fully saturated rings. The van der Waals surface area contributed by atoms with Gasteiger partial charge in [0.15, 0.2) is 0 Å². The number of aliphatic hydroxyl groups is 1. The third kappa shape index (κ3) is 7.73. The van der Waals surface area contributed by atoms with Crippen molar-refractivity contribution < 1.29 is 9.84 Å². The molecule has 0 rings (SSSR count). The summed E-state index contributed by atoms with van der Waals surface area (Å²) in [6.07, 6.45) is 0.817. The summed E-state index contributed by atoms with van der Waals surface area (Å²) >= 11 is 0. The first-order valence-electron chi connectivity index (χ1n) is 5.83. The number of rotatable bonds is 10. The molecule has 4 heteroatoms. The molecule has 0 bridgehead atoms. The number of hydrogen-bond acceptors (Lipinski definition) is 4. The van der Waals surface area contributed by atoms with Crippen molar-refractivity contribution in [2.45, 2.75) is 26.3 Å². The number of nitrogens with zero attached hydrogens (tertiary/aromatic N) is 1. The molecule has 0 aliphatic heterocycles. The van der Waals surface area contributed by atoms with Crippen molar-refractivity contribution in [1.82, 2.24) is 10.2 Å². The zero-order valence-corrected chi connectivity index (χ0v) is 10.3. The van der Waals surface area contributed by atoms with Crippen LogP contribution in [0.5, 0.6) is 0 Å². The van der Waals surface area contributed by atoms with Gasteiger partial charge in [0.05, 0.1) is 6.61 Å². The van der Waals surface area contributed by atoms with Gasteiger partial charge in [-0.05, 0) is 19.5 Å². The Morgan fingerprint density at radius 2 is 2.13 bits per heavy atom. The highest BCUT2D eigenvalue weighted by Gasteiger charge is 2.11. The number of hydrogen-bond donors (Lipinski definition) is 2. The molecule has 0 aromatic heterocycles. The summed E-state index contributed by atoms with van der Waals surface area (Å²) in [5.41, 5.74) is 0. The van der Waals surface area contributed by atoms with E-state index in [9.17, 15) is 0 Å². The van der Waals surface area contributed by atoms with E-state index in [1.807, 2.05) is 0 Å². The summed E-state index contributed by atoms with van der Waals surface area (Å²) in [6, 6.07) is 0.386. The van der Waals surface area contributed by atoms with Gasteiger partial charge < -0.3 is 15.2 Å². The first-order valence-corrected chi connectivity index (χ1v) is 5.83. The fourth-order valence-electron chi connectivity index (χ4n) is 1.61. The molecule has 0 saturated heterocycles. The smallest absolute Gasteiger partial charge is 0.0589 e. The van der Waals surface area contributed by atoms with E-state index in [1.165, 1.54) is 0 Å². The van der Waals surface area contributed by atoms with Gasteiger partial charge >= 0.3 is 0 Å². The summed E-state index contributed by atoms with van der Waals surface area (Å²) in [4.78, 5) is 2.34. The van der Waals surface area contributed by atoms with E-state index in [-0.39, 0.29) is 6.61 Å². The van der Waals surface area contributed by atoms with Crippen molar-refractivity contribution in [2.75, 3.05) is 46.5 Å². The Hall–Kier alpha value is -0.160. The summed E-state index contributed by atoms with van der Waals surface area (Å²) in [6.45, 7) is 9.18. The van der Waals surface area contributed by atoms with Crippen molar-refractivity contribution in [3.05, 3.63) is 0 Å². The number of likely N-dealkylation sites (N-methyl/N-ethyl adjacent to an activating group) is 2. The first kappa shape index (κ1) is 14.8. The Kier molecular flexibility index (Phi) is 10.3. The van der Waals surface area contributed by atoms with Crippen LogP contribution in [0.2, 0.25) is 0 Å². The van der Waals surface area contributed by atoms with Crippen LogP contribution in [0, 0.1) is 0 Å². The van der Waals surface area contributed by atoms with E-state index in [0.717, 1.165) is 39.2 Å². The molecule has 0 aromatic carbocycles. The second-order valence-electron chi connectivity index (χ2n) is 3.65. The van der Waals surface area contributed by atoms with Crippen molar-refractivity contribution in [3.63, 3.8) is 0 Å². The van der Waals surface area contributed by atoms with Crippen molar-refractivity contribution in [3.8, 4) is 0 Å². The fraction of sp³-hybridized carbons (Fsp3) is 1.00. The monoisotopic (exact) mass is 218 g/mol. The van der Waals surface area contributed by atoms with E-state index < -0.39 is 0 Å². The van der Waals surface area contributed by atoms with Gasteiger partial charge in [0.1, 0.15) is 0 Å². The zero-order chi connectivity index (χ0) is 11.5. The van der Waals surface area contributed by atoms with Gasteiger partial charge in [0.25, 0.3) is 0 Å². The molecule has 0 aliphatic rings. The van der Waals surface area contributed by atoms with Gasteiger partial charge in [0.2, 0.25) is 0 Å². The molecule has 0 saturated carbocycles. The Balaban J connectivity index is 3.85. The number of aliphatic hydroxyl groups excluding tert-OH is 1. The minimum absolute atomic E-state index is 0.250.